The molecule has 5 heteroatoms. The van der Waals surface area contributed by atoms with E-state index in [-0.39, 0.29) is 0 Å². The zero-order chi connectivity index (χ0) is 14.4. The van der Waals surface area contributed by atoms with Gasteiger partial charge in [-0.05, 0) is 65.9 Å². The van der Waals surface area contributed by atoms with Crippen LogP contribution in [-0.2, 0) is 11.3 Å². The highest BCUT2D eigenvalue weighted by Crippen LogP contribution is 2.30. The van der Waals surface area contributed by atoms with Crippen LogP contribution >= 0.6 is 34.2 Å². The standard InChI is InChI=1S/C15H17ClINO2/c1-19-8-2-7-18-10-12-4-6-15(20-12)13-5-3-11(17)9-14(13)16/h3-6,9,18H,2,7-8,10H2,1H3. The van der Waals surface area contributed by atoms with Crippen LogP contribution in [0.3, 0.4) is 0 Å². The molecule has 0 saturated heterocycles. The van der Waals surface area contributed by atoms with Crippen molar-refractivity contribution in [2.24, 2.45) is 0 Å². The quantitative estimate of drug-likeness (QED) is 0.550. The molecular weight excluding hydrogens is 389 g/mol. The second kappa shape index (κ2) is 8.02. The lowest BCUT2D eigenvalue weighted by molar-refractivity contribution is 0.194. The summed E-state index contributed by atoms with van der Waals surface area (Å²) in [6.07, 6.45) is 0.993. The Morgan fingerprint density at radius 3 is 2.90 bits per heavy atom. The van der Waals surface area contributed by atoms with Crippen molar-refractivity contribution in [3.63, 3.8) is 0 Å². The fraction of sp³-hybridized carbons (Fsp3) is 0.333. The van der Waals surface area contributed by atoms with E-state index in [0.29, 0.717) is 11.6 Å². The van der Waals surface area contributed by atoms with Gasteiger partial charge < -0.3 is 14.5 Å². The predicted molar refractivity (Wildman–Crippen MR) is 90.1 cm³/mol. The molecule has 0 amide bonds. The second-order valence-corrected chi connectivity index (χ2v) is 6.07. The van der Waals surface area contributed by atoms with E-state index in [4.69, 9.17) is 20.8 Å². The average Bonchev–Trinajstić information content (AvgIpc) is 2.87. The summed E-state index contributed by atoms with van der Waals surface area (Å²) in [5, 5.41) is 4.03. The molecule has 2 rings (SSSR count). The predicted octanol–water partition coefficient (Wildman–Crippen LogP) is 4.33. The summed E-state index contributed by atoms with van der Waals surface area (Å²) in [6.45, 7) is 2.40. The van der Waals surface area contributed by atoms with Gasteiger partial charge in [-0.2, -0.15) is 0 Å². The van der Waals surface area contributed by atoms with Gasteiger partial charge >= 0.3 is 0 Å². The molecule has 1 N–H and O–H groups in total. The molecular formula is C15H17ClINO2. The molecule has 0 radical (unpaired) electrons. The third-order valence-electron chi connectivity index (χ3n) is 2.86. The molecule has 1 aromatic carbocycles. The third-order valence-corrected chi connectivity index (χ3v) is 3.84. The van der Waals surface area contributed by atoms with E-state index in [2.05, 4.69) is 27.9 Å². The molecule has 0 aliphatic heterocycles. The van der Waals surface area contributed by atoms with Gasteiger partial charge in [0.15, 0.2) is 0 Å². The van der Waals surface area contributed by atoms with E-state index in [1.165, 1.54) is 0 Å². The van der Waals surface area contributed by atoms with Crippen LogP contribution in [0.25, 0.3) is 11.3 Å². The number of methoxy groups -OCH3 is 1. The Hall–Kier alpha value is -0.560. The van der Waals surface area contributed by atoms with Crippen LogP contribution in [0.5, 0.6) is 0 Å². The van der Waals surface area contributed by atoms with Crippen molar-refractivity contribution in [3.05, 3.63) is 44.7 Å². The number of benzene rings is 1. The lowest BCUT2D eigenvalue weighted by Crippen LogP contribution is -2.15. The molecule has 0 fully saturated rings. The van der Waals surface area contributed by atoms with Gasteiger partial charge in [0, 0.05) is 22.9 Å². The number of rotatable bonds is 7. The van der Waals surface area contributed by atoms with Crippen molar-refractivity contribution in [2.45, 2.75) is 13.0 Å². The van der Waals surface area contributed by atoms with Crippen molar-refractivity contribution in [2.75, 3.05) is 20.3 Å². The van der Waals surface area contributed by atoms with Crippen LogP contribution in [0, 0.1) is 3.57 Å². The van der Waals surface area contributed by atoms with Gasteiger partial charge in [0.1, 0.15) is 11.5 Å². The maximum atomic E-state index is 6.24. The first-order chi connectivity index (χ1) is 9.70. The zero-order valence-corrected chi connectivity index (χ0v) is 14.2. The fourth-order valence-corrected chi connectivity index (χ4v) is 2.81. The lowest BCUT2D eigenvalue weighted by Gasteiger charge is -2.03. The second-order valence-electron chi connectivity index (χ2n) is 4.41. The molecule has 0 atom stereocenters. The Labute approximate surface area is 137 Å². The Bertz CT molecular complexity index is 557. The van der Waals surface area contributed by atoms with Gasteiger partial charge in [-0.3, -0.25) is 0 Å². The maximum Gasteiger partial charge on any atom is 0.135 e. The van der Waals surface area contributed by atoms with Crippen LogP contribution in [0.4, 0.5) is 0 Å². The first kappa shape index (κ1) is 15.8. The van der Waals surface area contributed by atoms with Gasteiger partial charge in [0.2, 0.25) is 0 Å². The highest BCUT2D eigenvalue weighted by Gasteiger charge is 2.08. The van der Waals surface area contributed by atoms with E-state index >= 15 is 0 Å². The molecule has 108 valence electrons. The first-order valence-corrected chi connectivity index (χ1v) is 7.90. The summed E-state index contributed by atoms with van der Waals surface area (Å²) in [7, 11) is 1.71. The van der Waals surface area contributed by atoms with Gasteiger partial charge in [-0.1, -0.05) is 11.6 Å². The molecule has 0 unspecified atom stereocenters. The molecule has 2 aromatic rings. The third kappa shape index (κ3) is 4.48. The summed E-state index contributed by atoms with van der Waals surface area (Å²) in [4.78, 5) is 0. The average molecular weight is 406 g/mol. The summed E-state index contributed by atoms with van der Waals surface area (Å²) >= 11 is 8.48. The Balaban J connectivity index is 1.95. The van der Waals surface area contributed by atoms with Crippen molar-refractivity contribution in [1.82, 2.24) is 5.32 Å². The summed E-state index contributed by atoms with van der Waals surface area (Å²) < 4.78 is 11.9. The number of hydrogen-bond donors (Lipinski definition) is 1. The maximum absolute atomic E-state index is 6.24. The van der Waals surface area contributed by atoms with Crippen molar-refractivity contribution >= 4 is 34.2 Å². The van der Waals surface area contributed by atoms with E-state index < -0.39 is 0 Å². The van der Waals surface area contributed by atoms with E-state index in [9.17, 15) is 0 Å². The summed E-state index contributed by atoms with van der Waals surface area (Å²) in [5.41, 5.74) is 0.928. The van der Waals surface area contributed by atoms with E-state index in [1.807, 2.05) is 30.3 Å². The Kier molecular flexibility index (Phi) is 6.35. The van der Waals surface area contributed by atoms with Gasteiger partial charge in [0.05, 0.1) is 11.6 Å². The van der Waals surface area contributed by atoms with Gasteiger partial charge in [-0.15, -0.1) is 0 Å². The molecule has 3 nitrogen and oxygen atoms in total. The van der Waals surface area contributed by atoms with E-state index in [1.54, 1.807) is 7.11 Å². The number of ether oxygens (including phenoxy) is 1. The Morgan fingerprint density at radius 2 is 2.15 bits per heavy atom. The van der Waals surface area contributed by atoms with Crippen molar-refractivity contribution < 1.29 is 9.15 Å². The highest BCUT2D eigenvalue weighted by molar-refractivity contribution is 14.1. The molecule has 0 spiro atoms. The topological polar surface area (TPSA) is 34.4 Å². The van der Waals surface area contributed by atoms with Crippen LogP contribution < -0.4 is 5.32 Å². The molecule has 0 saturated carbocycles. The molecule has 1 aromatic heterocycles. The molecule has 0 bridgehead atoms. The zero-order valence-electron chi connectivity index (χ0n) is 11.3. The smallest absolute Gasteiger partial charge is 0.135 e. The molecule has 1 heterocycles. The van der Waals surface area contributed by atoms with Gasteiger partial charge in [-0.25, -0.2) is 0 Å². The van der Waals surface area contributed by atoms with Crippen LogP contribution in [-0.4, -0.2) is 20.3 Å². The van der Waals surface area contributed by atoms with Crippen LogP contribution in [0.15, 0.2) is 34.7 Å². The Morgan fingerprint density at radius 1 is 1.30 bits per heavy atom. The van der Waals surface area contributed by atoms with Crippen molar-refractivity contribution in [3.8, 4) is 11.3 Å². The minimum absolute atomic E-state index is 0.714. The van der Waals surface area contributed by atoms with E-state index in [0.717, 1.165) is 40.2 Å². The number of furan rings is 1. The number of hydrogen-bond acceptors (Lipinski definition) is 3. The minimum atomic E-state index is 0.714. The van der Waals surface area contributed by atoms with Crippen molar-refractivity contribution in [1.29, 1.82) is 0 Å². The lowest BCUT2D eigenvalue weighted by atomic mass is 10.2. The summed E-state index contributed by atoms with van der Waals surface area (Å²) in [5.74, 6) is 1.71. The number of nitrogens with one attached hydrogen (secondary N) is 1. The largest absolute Gasteiger partial charge is 0.460 e. The first-order valence-electron chi connectivity index (χ1n) is 6.44. The molecule has 0 aliphatic carbocycles. The van der Waals surface area contributed by atoms with Gasteiger partial charge in [0.25, 0.3) is 0 Å². The van der Waals surface area contributed by atoms with Crippen LogP contribution in [0.1, 0.15) is 12.2 Å². The van der Waals surface area contributed by atoms with Crippen LogP contribution in [0.2, 0.25) is 5.02 Å². The monoisotopic (exact) mass is 405 g/mol. The minimum Gasteiger partial charge on any atom is -0.460 e. The SMILES string of the molecule is COCCCNCc1ccc(-c2ccc(I)cc2Cl)o1. The molecule has 0 aliphatic rings. The highest BCUT2D eigenvalue weighted by atomic mass is 127. The fourth-order valence-electron chi connectivity index (χ4n) is 1.86. The molecule has 20 heavy (non-hydrogen) atoms. The normalized spacial score (nSPS) is 10.9. The summed E-state index contributed by atoms with van der Waals surface area (Å²) in [6, 6.07) is 9.88. The number of halogens is 2.